The summed E-state index contributed by atoms with van der Waals surface area (Å²) in [6.07, 6.45) is 5.91. The predicted molar refractivity (Wildman–Crippen MR) is 136 cm³/mol. The molecule has 0 radical (unpaired) electrons. The zero-order valence-corrected chi connectivity index (χ0v) is 23.1. The number of hydrogen-bond acceptors (Lipinski definition) is 9. The Balaban J connectivity index is 1.73. The van der Waals surface area contributed by atoms with Crippen molar-refractivity contribution >= 4 is 32.9 Å². The van der Waals surface area contributed by atoms with Gasteiger partial charge < -0.3 is 23.9 Å². The molecule has 1 aliphatic heterocycles. The third kappa shape index (κ3) is 6.81. The number of nitrogens with one attached hydrogen (secondary N) is 1. The van der Waals surface area contributed by atoms with E-state index in [-0.39, 0.29) is 6.42 Å². The molecule has 10 nitrogen and oxygen atoms in total. The van der Waals surface area contributed by atoms with Crippen molar-refractivity contribution in [1.29, 1.82) is 0 Å². The monoisotopic (exact) mass is 536 g/mol. The van der Waals surface area contributed by atoms with Gasteiger partial charge in [-0.15, -0.1) is 0 Å². The minimum absolute atomic E-state index is 0.149. The maximum atomic E-state index is 13.5. The molecule has 204 valence electrons. The number of hydrogen-bond donors (Lipinski definition) is 1. The molecular weight excluding hydrogens is 500 g/mol. The van der Waals surface area contributed by atoms with Crippen molar-refractivity contribution in [3.63, 3.8) is 0 Å². The molecule has 2 aromatic heterocycles. The van der Waals surface area contributed by atoms with Gasteiger partial charge in [0, 0.05) is 44.5 Å². The Labute approximate surface area is 217 Å². The minimum Gasteiger partial charge on any atom is -0.461 e. The van der Waals surface area contributed by atoms with Crippen LogP contribution in [-0.4, -0.2) is 60.5 Å². The van der Waals surface area contributed by atoms with Crippen molar-refractivity contribution < 1.29 is 36.6 Å². The molecule has 11 heteroatoms. The summed E-state index contributed by atoms with van der Waals surface area (Å²) in [5, 5.41) is 3.28. The topological polar surface area (TPSA) is 134 Å². The predicted octanol–water partition coefficient (Wildman–Crippen LogP) is 3.70. The van der Waals surface area contributed by atoms with E-state index in [1.165, 1.54) is 12.8 Å². The number of alkyl carbamates (subject to hydrolysis) is 1. The number of ether oxygens (including phenoxy) is 3. The molecule has 0 bridgehead atoms. The highest BCUT2D eigenvalue weighted by Gasteiger charge is 2.60. The molecule has 1 aliphatic carbocycles. The first-order chi connectivity index (χ1) is 17.1. The second-order valence-electron chi connectivity index (χ2n) is 11.6. The molecule has 1 saturated carbocycles. The number of cyclic esters (lactones) is 1. The Morgan fingerprint density at radius 3 is 2.57 bits per heavy atom. The van der Waals surface area contributed by atoms with Crippen molar-refractivity contribution in [3.8, 4) is 0 Å². The Kier molecular flexibility index (Phi) is 7.09. The SMILES string of the molecule is CC(C)(C)OC(=O)N[C@@H](CS(C)(=O)=O)[C@@]1(Cc2nccc3oc(CCC4CC4)cc23)OC(C)(C)OC1=O. The standard InChI is InChI=1S/C26H36N2O8S/c1-24(2,3)35-23(30)28-21(15-37(6,31)32)26(22(29)34-25(4,5)36-26)14-19-18-13-17(10-9-16-7-8-16)33-20(18)11-12-27-19/h11-13,16,21H,7-10,14-15H2,1-6H3,(H,28,30)/t21-,26+/m0/s1. The summed E-state index contributed by atoms with van der Waals surface area (Å²) in [6.45, 7) is 8.16. The van der Waals surface area contributed by atoms with Gasteiger partial charge in [0.1, 0.15) is 26.8 Å². The van der Waals surface area contributed by atoms with E-state index in [2.05, 4.69) is 10.3 Å². The van der Waals surface area contributed by atoms with Crippen LogP contribution < -0.4 is 5.32 Å². The highest BCUT2D eigenvalue weighted by Crippen LogP contribution is 2.39. The molecule has 4 rings (SSSR count). The summed E-state index contributed by atoms with van der Waals surface area (Å²) in [7, 11) is -3.69. The third-order valence-electron chi connectivity index (χ3n) is 6.34. The maximum absolute atomic E-state index is 13.5. The van der Waals surface area contributed by atoms with Gasteiger partial charge in [0.15, 0.2) is 5.60 Å². The fraction of sp³-hybridized carbons (Fsp3) is 0.654. The molecule has 37 heavy (non-hydrogen) atoms. The number of carbonyl (C=O) groups excluding carboxylic acids is 2. The second-order valence-corrected chi connectivity index (χ2v) is 13.8. The van der Waals surface area contributed by atoms with Crippen LogP contribution in [0.5, 0.6) is 0 Å². The number of amides is 1. The molecule has 1 amide bonds. The normalized spacial score (nSPS) is 22.6. The zero-order chi connectivity index (χ0) is 27.2. The number of pyridine rings is 1. The van der Waals surface area contributed by atoms with Crippen molar-refractivity contribution in [3.05, 3.63) is 29.8 Å². The largest absolute Gasteiger partial charge is 0.461 e. The Morgan fingerprint density at radius 2 is 2.00 bits per heavy atom. The third-order valence-corrected chi connectivity index (χ3v) is 7.28. The minimum atomic E-state index is -3.69. The van der Waals surface area contributed by atoms with Crippen molar-refractivity contribution in [2.45, 2.75) is 89.8 Å². The van der Waals surface area contributed by atoms with Crippen LogP contribution >= 0.6 is 0 Å². The van der Waals surface area contributed by atoms with E-state index in [0.717, 1.165) is 30.8 Å². The number of nitrogens with zero attached hydrogens (tertiary/aromatic N) is 1. The molecule has 0 spiro atoms. The van der Waals surface area contributed by atoms with Gasteiger partial charge in [-0.3, -0.25) is 4.98 Å². The average molecular weight is 537 g/mol. The molecule has 2 atom stereocenters. The van der Waals surface area contributed by atoms with Crippen LogP contribution in [0.15, 0.2) is 22.7 Å². The second kappa shape index (κ2) is 9.58. The number of aryl methyl sites for hydroxylation is 1. The first-order valence-corrected chi connectivity index (χ1v) is 14.6. The van der Waals surface area contributed by atoms with Gasteiger partial charge in [-0.05, 0) is 45.2 Å². The fourth-order valence-electron chi connectivity index (χ4n) is 4.64. The van der Waals surface area contributed by atoms with Gasteiger partial charge >= 0.3 is 12.1 Å². The Bertz CT molecular complexity index is 1290. The summed E-state index contributed by atoms with van der Waals surface area (Å²) in [5.41, 5.74) is -1.64. The molecule has 0 unspecified atom stereocenters. The molecule has 2 aromatic rings. The van der Waals surface area contributed by atoms with Crippen LogP contribution in [0.1, 0.15) is 65.3 Å². The highest BCUT2D eigenvalue weighted by atomic mass is 32.2. The molecular formula is C26H36N2O8S. The van der Waals surface area contributed by atoms with Crippen molar-refractivity contribution in [2.75, 3.05) is 12.0 Å². The summed E-state index contributed by atoms with van der Waals surface area (Å²) >= 11 is 0. The van der Waals surface area contributed by atoms with Crippen LogP contribution in [0, 0.1) is 5.92 Å². The lowest BCUT2D eigenvalue weighted by Gasteiger charge is -2.34. The maximum Gasteiger partial charge on any atom is 0.408 e. The number of carbonyl (C=O) groups is 2. The van der Waals surface area contributed by atoms with E-state index in [9.17, 15) is 18.0 Å². The summed E-state index contributed by atoms with van der Waals surface area (Å²) in [6, 6.07) is 2.34. The lowest BCUT2D eigenvalue weighted by atomic mass is 9.88. The van der Waals surface area contributed by atoms with E-state index in [1.807, 2.05) is 6.07 Å². The average Bonchev–Trinajstić information content (AvgIpc) is 3.39. The molecule has 0 aromatic carbocycles. The van der Waals surface area contributed by atoms with Gasteiger partial charge in [-0.2, -0.15) is 0 Å². The smallest absolute Gasteiger partial charge is 0.408 e. The lowest BCUT2D eigenvalue weighted by molar-refractivity contribution is -0.169. The summed E-state index contributed by atoms with van der Waals surface area (Å²) in [4.78, 5) is 30.7. The quantitative estimate of drug-likeness (QED) is 0.476. The number of furan rings is 1. The molecule has 2 aliphatic rings. The van der Waals surface area contributed by atoms with E-state index in [4.69, 9.17) is 18.6 Å². The van der Waals surface area contributed by atoms with Crippen LogP contribution in [0.25, 0.3) is 11.0 Å². The Morgan fingerprint density at radius 1 is 1.30 bits per heavy atom. The molecule has 2 fully saturated rings. The van der Waals surface area contributed by atoms with Crippen molar-refractivity contribution in [1.82, 2.24) is 10.3 Å². The van der Waals surface area contributed by atoms with Crippen LogP contribution in [0.2, 0.25) is 0 Å². The highest BCUT2D eigenvalue weighted by molar-refractivity contribution is 7.90. The van der Waals surface area contributed by atoms with Gasteiger partial charge in [0.05, 0.1) is 17.5 Å². The van der Waals surface area contributed by atoms with Crippen LogP contribution in [-0.2, 0) is 41.7 Å². The van der Waals surface area contributed by atoms with Gasteiger partial charge in [-0.25, -0.2) is 18.0 Å². The van der Waals surface area contributed by atoms with Crippen molar-refractivity contribution in [2.24, 2.45) is 5.92 Å². The van der Waals surface area contributed by atoms with E-state index >= 15 is 0 Å². The Hall–Kier alpha value is -2.66. The van der Waals surface area contributed by atoms with Gasteiger partial charge in [0.25, 0.3) is 0 Å². The van der Waals surface area contributed by atoms with E-state index in [0.29, 0.717) is 16.7 Å². The summed E-state index contributed by atoms with van der Waals surface area (Å²) < 4.78 is 47.9. The lowest BCUT2D eigenvalue weighted by Crippen LogP contribution is -2.61. The number of fused-ring (bicyclic) bond motifs is 1. The number of sulfone groups is 1. The van der Waals surface area contributed by atoms with E-state index in [1.54, 1.807) is 46.9 Å². The van der Waals surface area contributed by atoms with Crippen LogP contribution in [0.4, 0.5) is 4.79 Å². The number of rotatable bonds is 9. The molecule has 1 N–H and O–H groups in total. The first-order valence-electron chi connectivity index (χ1n) is 12.5. The van der Waals surface area contributed by atoms with Gasteiger partial charge in [-0.1, -0.05) is 12.8 Å². The first kappa shape index (κ1) is 27.4. The van der Waals surface area contributed by atoms with E-state index < -0.39 is 50.7 Å². The summed E-state index contributed by atoms with van der Waals surface area (Å²) in [5.74, 6) is -1.17. The van der Waals surface area contributed by atoms with Gasteiger partial charge in [0.2, 0.25) is 5.79 Å². The number of esters is 1. The zero-order valence-electron chi connectivity index (χ0n) is 22.3. The molecule has 1 saturated heterocycles. The molecule has 3 heterocycles. The van der Waals surface area contributed by atoms with Crippen LogP contribution in [0.3, 0.4) is 0 Å². The fourth-order valence-corrected chi connectivity index (χ4v) is 5.60. The number of aromatic nitrogens is 1.